The molecule has 2 rings (SSSR count). The molecule has 0 aliphatic heterocycles. The van der Waals surface area contributed by atoms with Gasteiger partial charge in [-0.05, 0) is 38.5 Å². The number of carboxylic acids is 1. The summed E-state index contributed by atoms with van der Waals surface area (Å²) >= 11 is 1.61. The maximum atomic E-state index is 12.4. The van der Waals surface area contributed by atoms with Crippen molar-refractivity contribution < 1.29 is 18.3 Å². The minimum Gasteiger partial charge on any atom is -0.477 e. The number of nitrogens with zero attached hydrogens (tertiary/aromatic N) is 1. The number of aromatic nitrogens is 1. The van der Waals surface area contributed by atoms with E-state index in [0.29, 0.717) is 0 Å². The lowest BCUT2D eigenvalue weighted by atomic mass is 10.1. The van der Waals surface area contributed by atoms with Crippen molar-refractivity contribution in [3.05, 3.63) is 39.3 Å². The summed E-state index contributed by atoms with van der Waals surface area (Å²) in [5.74, 6) is -1.17. The number of hydrogen-bond donors (Lipinski definition) is 2. The summed E-state index contributed by atoms with van der Waals surface area (Å²) in [6.45, 7) is 5.69. The van der Waals surface area contributed by atoms with Crippen molar-refractivity contribution >= 4 is 27.3 Å². The topological polar surface area (TPSA) is 88.4 Å². The first-order valence-electron chi connectivity index (χ1n) is 6.60. The molecule has 2 N–H and O–H groups in total. The van der Waals surface area contributed by atoms with E-state index in [1.807, 2.05) is 19.9 Å². The van der Waals surface area contributed by atoms with E-state index in [2.05, 4.69) is 4.72 Å². The standard InChI is InChI=1S/C14H18N2O4S2/c1-8-5-12(10(3)21-8)9(2)15-22(19,20)11-6-13(14(17)18)16(4)7-11/h5-7,9,15H,1-4H3,(H,17,18). The van der Waals surface area contributed by atoms with Crippen LogP contribution in [0.2, 0.25) is 0 Å². The summed E-state index contributed by atoms with van der Waals surface area (Å²) in [4.78, 5) is 13.1. The second kappa shape index (κ2) is 5.86. The third kappa shape index (κ3) is 3.23. The fraction of sp³-hybridized carbons (Fsp3) is 0.357. The number of nitrogens with one attached hydrogen (secondary N) is 1. The van der Waals surface area contributed by atoms with Crippen LogP contribution < -0.4 is 4.72 Å². The molecule has 1 unspecified atom stereocenters. The van der Waals surface area contributed by atoms with Gasteiger partial charge in [-0.15, -0.1) is 11.3 Å². The van der Waals surface area contributed by atoms with Gasteiger partial charge in [-0.25, -0.2) is 17.9 Å². The molecular formula is C14H18N2O4S2. The summed E-state index contributed by atoms with van der Waals surface area (Å²) in [5.41, 5.74) is 0.857. The molecule has 8 heteroatoms. The van der Waals surface area contributed by atoms with Crippen molar-refractivity contribution in [2.45, 2.75) is 31.7 Å². The maximum absolute atomic E-state index is 12.4. The van der Waals surface area contributed by atoms with Crippen LogP contribution in [-0.4, -0.2) is 24.1 Å². The van der Waals surface area contributed by atoms with E-state index in [4.69, 9.17) is 5.11 Å². The quantitative estimate of drug-likeness (QED) is 0.873. The highest BCUT2D eigenvalue weighted by Crippen LogP contribution is 2.27. The fourth-order valence-electron chi connectivity index (χ4n) is 2.34. The predicted octanol–water partition coefficient (Wildman–Crippen LogP) is 2.44. The Morgan fingerprint density at radius 1 is 1.36 bits per heavy atom. The third-order valence-electron chi connectivity index (χ3n) is 3.39. The Bertz CT molecular complexity index is 818. The molecule has 22 heavy (non-hydrogen) atoms. The Kier molecular flexibility index (Phi) is 4.46. The number of carbonyl (C=O) groups is 1. The van der Waals surface area contributed by atoms with Crippen molar-refractivity contribution in [2.75, 3.05) is 0 Å². The van der Waals surface area contributed by atoms with Gasteiger partial charge in [-0.2, -0.15) is 0 Å². The smallest absolute Gasteiger partial charge is 0.352 e. The zero-order chi connectivity index (χ0) is 16.7. The van der Waals surface area contributed by atoms with Crippen molar-refractivity contribution in [2.24, 2.45) is 7.05 Å². The summed E-state index contributed by atoms with van der Waals surface area (Å²) in [7, 11) is -2.28. The molecule has 0 radical (unpaired) electrons. The fourth-order valence-corrected chi connectivity index (χ4v) is 4.65. The highest BCUT2D eigenvalue weighted by Gasteiger charge is 2.23. The number of rotatable bonds is 5. The van der Waals surface area contributed by atoms with Gasteiger partial charge in [0.05, 0.1) is 0 Å². The number of hydrogen-bond acceptors (Lipinski definition) is 4. The Labute approximate surface area is 133 Å². The molecular weight excluding hydrogens is 324 g/mol. The SMILES string of the molecule is Cc1cc(C(C)NS(=O)(=O)c2cc(C(=O)O)n(C)c2)c(C)s1. The van der Waals surface area contributed by atoms with Gasteiger partial charge in [-0.3, -0.25) is 0 Å². The Morgan fingerprint density at radius 2 is 2.00 bits per heavy atom. The third-order valence-corrected chi connectivity index (χ3v) is 5.88. The van der Waals surface area contributed by atoms with Crippen LogP contribution in [0, 0.1) is 13.8 Å². The number of aromatic carboxylic acids is 1. The monoisotopic (exact) mass is 342 g/mol. The van der Waals surface area contributed by atoms with Crippen LogP contribution in [0.25, 0.3) is 0 Å². The summed E-state index contributed by atoms with van der Waals surface area (Å²) < 4.78 is 28.7. The predicted molar refractivity (Wildman–Crippen MR) is 84.9 cm³/mol. The van der Waals surface area contributed by atoms with Gasteiger partial charge in [0.1, 0.15) is 10.6 Å². The normalized spacial score (nSPS) is 13.3. The molecule has 2 heterocycles. The van der Waals surface area contributed by atoms with Crippen molar-refractivity contribution in [3.63, 3.8) is 0 Å². The van der Waals surface area contributed by atoms with Crippen molar-refractivity contribution in [1.82, 2.24) is 9.29 Å². The van der Waals surface area contributed by atoms with E-state index in [9.17, 15) is 13.2 Å². The van der Waals surface area contributed by atoms with Crippen LogP contribution in [0.4, 0.5) is 0 Å². The average Bonchev–Trinajstić information content (AvgIpc) is 2.92. The van der Waals surface area contributed by atoms with Crippen molar-refractivity contribution in [3.8, 4) is 0 Å². The maximum Gasteiger partial charge on any atom is 0.352 e. The van der Waals surface area contributed by atoms with E-state index in [1.165, 1.54) is 17.8 Å². The summed E-state index contributed by atoms with van der Waals surface area (Å²) in [6.07, 6.45) is 1.30. The number of sulfonamides is 1. The molecule has 0 saturated carbocycles. The molecule has 120 valence electrons. The van der Waals surface area contributed by atoms with Gasteiger partial charge in [0.25, 0.3) is 0 Å². The lowest BCUT2D eigenvalue weighted by Gasteiger charge is -2.13. The van der Waals surface area contributed by atoms with Gasteiger partial charge < -0.3 is 9.67 Å². The van der Waals surface area contributed by atoms with E-state index < -0.39 is 16.0 Å². The molecule has 0 fully saturated rings. The molecule has 0 aliphatic carbocycles. The highest BCUT2D eigenvalue weighted by atomic mass is 32.2. The van der Waals surface area contributed by atoms with Gasteiger partial charge in [0.15, 0.2) is 0 Å². The Balaban J connectivity index is 2.29. The van der Waals surface area contributed by atoms with Gasteiger partial charge in [0.2, 0.25) is 10.0 Å². The molecule has 2 aromatic heterocycles. The molecule has 0 spiro atoms. The number of carboxylic acid groups (broad SMARTS) is 1. The average molecular weight is 342 g/mol. The van der Waals surface area contributed by atoms with E-state index >= 15 is 0 Å². The zero-order valence-electron chi connectivity index (χ0n) is 12.7. The molecule has 0 saturated heterocycles. The van der Waals surface area contributed by atoms with E-state index in [0.717, 1.165) is 21.4 Å². The summed E-state index contributed by atoms with van der Waals surface area (Å²) in [5, 5.41) is 9.01. The molecule has 6 nitrogen and oxygen atoms in total. The molecule has 2 aromatic rings. The largest absolute Gasteiger partial charge is 0.477 e. The lowest BCUT2D eigenvalue weighted by molar-refractivity contribution is 0.0686. The van der Waals surface area contributed by atoms with E-state index in [-0.39, 0.29) is 16.6 Å². The van der Waals surface area contributed by atoms with Crippen molar-refractivity contribution in [1.29, 1.82) is 0 Å². The second-order valence-corrected chi connectivity index (χ2v) is 8.36. The summed E-state index contributed by atoms with van der Waals surface area (Å²) in [6, 6.07) is 2.73. The molecule has 0 amide bonds. The molecule has 0 aromatic carbocycles. The zero-order valence-corrected chi connectivity index (χ0v) is 14.4. The van der Waals surface area contributed by atoms with Gasteiger partial charge in [-0.1, -0.05) is 0 Å². The molecule has 0 bridgehead atoms. The molecule has 0 aliphatic rings. The second-order valence-electron chi connectivity index (χ2n) is 5.19. The number of aryl methyl sites for hydroxylation is 3. The number of thiophene rings is 1. The first-order chi connectivity index (χ1) is 10.1. The molecule has 1 atom stereocenters. The Hall–Kier alpha value is -1.64. The van der Waals surface area contributed by atoms with Crippen LogP contribution in [0.1, 0.15) is 38.8 Å². The highest BCUT2D eigenvalue weighted by molar-refractivity contribution is 7.89. The van der Waals surface area contributed by atoms with Crippen LogP contribution in [0.5, 0.6) is 0 Å². The van der Waals surface area contributed by atoms with Crippen LogP contribution >= 0.6 is 11.3 Å². The minimum atomic E-state index is -3.78. The van der Waals surface area contributed by atoms with Crippen LogP contribution in [0.15, 0.2) is 23.2 Å². The Morgan fingerprint density at radius 3 is 2.45 bits per heavy atom. The first-order valence-corrected chi connectivity index (χ1v) is 8.90. The van der Waals surface area contributed by atoms with E-state index in [1.54, 1.807) is 18.3 Å². The van der Waals surface area contributed by atoms with Gasteiger partial charge in [0, 0.05) is 29.0 Å². The minimum absolute atomic E-state index is 0.0520. The first kappa shape index (κ1) is 16.7. The van der Waals surface area contributed by atoms with Crippen LogP contribution in [0.3, 0.4) is 0 Å². The van der Waals surface area contributed by atoms with Crippen LogP contribution in [-0.2, 0) is 17.1 Å². The van der Waals surface area contributed by atoms with Gasteiger partial charge >= 0.3 is 5.97 Å². The lowest BCUT2D eigenvalue weighted by Crippen LogP contribution is -2.26.